The van der Waals surface area contributed by atoms with E-state index in [4.69, 9.17) is 5.26 Å². The largest absolute Gasteiger partial charge is 0.290 e. The monoisotopic (exact) mass is 177 g/mol. The molecule has 0 N–H and O–H groups in total. The van der Waals surface area contributed by atoms with Crippen LogP contribution in [0.1, 0.15) is 11.3 Å². The van der Waals surface area contributed by atoms with Crippen molar-refractivity contribution in [1.82, 2.24) is 4.98 Å². The van der Waals surface area contributed by atoms with Gasteiger partial charge in [-0.1, -0.05) is 0 Å². The SMILES string of the molecule is Cc1ncc(CC#N)cc1[N+](=O)[O-]. The molecular weight excluding hydrogens is 170 g/mol. The first kappa shape index (κ1) is 9.13. The van der Waals surface area contributed by atoms with Gasteiger partial charge in [-0.25, -0.2) is 0 Å². The fraction of sp³-hybridized carbons (Fsp3) is 0.250. The molecule has 1 rings (SSSR count). The summed E-state index contributed by atoms with van der Waals surface area (Å²) in [6.45, 7) is 1.56. The Balaban J connectivity index is 3.13. The van der Waals surface area contributed by atoms with Gasteiger partial charge in [0.15, 0.2) is 0 Å². The highest BCUT2D eigenvalue weighted by Crippen LogP contribution is 2.16. The van der Waals surface area contributed by atoms with Crippen LogP contribution in [0, 0.1) is 28.4 Å². The van der Waals surface area contributed by atoms with Crippen LogP contribution in [0.4, 0.5) is 5.69 Å². The Morgan fingerprint density at radius 3 is 3.00 bits per heavy atom. The number of nitrogens with zero attached hydrogens (tertiary/aromatic N) is 3. The van der Waals surface area contributed by atoms with E-state index in [2.05, 4.69) is 4.98 Å². The molecule has 0 radical (unpaired) electrons. The first-order valence-electron chi connectivity index (χ1n) is 3.62. The van der Waals surface area contributed by atoms with Crippen molar-refractivity contribution in [1.29, 1.82) is 5.26 Å². The van der Waals surface area contributed by atoms with Crippen LogP contribution >= 0.6 is 0 Å². The van der Waals surface area contributed by atoms with Crippen molar-refractivity contribution < 1.29 is 4.92 Å². The van der Waals surface area contributed by atoms with Crippen LogP contribution in [0.5, 0.6) is 0 Å². The summed E-state index contributed by atoms with van der Waals surface area (Å²) in [4.78, 5) is 13.8. The molecule has 0 saturated carbocycles. The highest BCUT2D eigenvalue weighted by molar-refractivity contribution is 5.37. The molecule has 0 unspecified atom stereocenters. The number of rotatable bonds is 2. The lowest BCUT2D eigenvalue weighted by Gasteiger charge is -1.97. The van der Waals surface area contributed by atoms with Gasteiger partial charge in [0.05, 0.1) is 17.4 Å². The fourth-order valence-corrected chi connectivity index (χ4v) is 0.936. The summed E-state index contributed by atoms with van der Waals surface area (Å²) >= 11 is 0. The predicted molar refractivity (Wildman–Crippen MR) is 44.9 cm³/mol. The molecule has 1 aromatic rings. The maximum atomic E-state index is 10.5. The van der Waals surface area contributed by atoms with Gasteiger partial charge in [-0.05, 0) is 12.5 Å². The van der Waals surface area contributed by atoms with Crippen molar-refractivity contribution >= 4 is 5.69 Å². The van der Waals surface area contributed by atoms with Gasteiger partial charge in [-0.15, -0.1) is 0 Å². The number of aromatic nitrogens is 1. The van der Waals surface area contributed by atoms with E-state index in [0.29, 0.717) is 11.3 Å². The molecule has 0 spiro atoms. The van der Waals surface area contributed by atoms with E-state index < -0.39 is 4.92 Å². The van der Waals surface area contributed by atoms with E-state index in [9.17, 15) is 10.1 Å². The van der Waals surface area contributed by atoms with E-state index in [1.807, 2.05) is 6.07 Å². The maximum absolute atomic E-state index is 10.5. The minimum atomic E-state index is -0.497. The number of aryl methyl sites for hydroxylation is 1. The molecule has 66 valence electrons. The smallest absolute Gasteiger partial charge is 0.258 e. The molecule has 0 aromatic carbocycles. The topological polar surface area (TPSA) is 79.8 Å². The molecule has 0 aliphatic rings. The molecule has 0 amide bonds. The molecular formula is C8H7N3O2. The van der Waals surface area contributed by atoms with Crippen LogP contribution in [0.15, 0.2) is 12.3 Å². The third-order valence-electron chi connectivity index (χ3n) is 1.60. The van der Waals surface area contributed by atoms with Crippen LogP contribution < -0.4 is 0 Å². The molecule has 0 atom stereocenters. The summed E-state index contributed by atoms with van der Waals surface area (Å²) in [6, 6.07) is 3.29. The number of nitriles is 1. The Morgan fingerprint density at radius 2 is 2.46 bits per heavy atom. The van der Waals surface area contributed by atoms with Gasteiger partial charge in [0.1, 0.15) is 5.69 Å². The van der Waals surface area contributed by atoms with E-state index in [1.54, 1.807) is 6.92 Å². The lowest BCUT2D eigenvalue weighted by Crippen LogP contribution is -1.96. The third kappa shape index (κ3) is 1.99. The normalized spacial score (nSPS) is 9.23. The molecule has 0 bridgehead atoms. The summed E-state index contributed by atoms with van der Waals surface area (Å²) in [5, 5.41) is 18.8. The molecule has 0 saturated heterocycles. The molecule has 0 fully saturated rings. The second-order valence-corrected chi connectivity index (χ2v) is 2.54. The molecule has 5 heteroatoms. The maximum Gasteiger partial charge on any atom is 0.290 e. The zero-order valence-corrected chi connectivity index (χ0v) is 7.02. The fourth-order valence-electron chi connectivity index (χ4n) is 0.936. The third-order valence-corrected chi connectivity index (χ3v) is 1.60. The van der Waals surface area contributed by atoms with Crippen molar-refractivity contribution in [3.63, 3.8) is 0 Å². The standard InChI is InChI=1S/C8H7N3O2/c1-6-8(11(12)13)4-7(2-3-9)5-10-6/h4-5H,2H2,1H3. The highest BCUT2D eigenvalue weighted by atomic mass is 16.6. The van der Waals surface area contributed by atoms with Crippen LogP contribution in [-0.4, -0.2) is 9.91 Å². The van der Waals surface area contributed by atoms with Gasteiger partial charge in [-0.3, -0.25) is 15.1 Å². The quantitative estimate of drug-likeness (QED) is 0.504. The second kappa shape index (κ2) is 3.63. The Morgan fingerprint density at radius 1 is 1.77 bits per heavy atom. The van der Waals surface area contributed by atoms with Gasteiger partial charge in [0.25, 0.3) is 5.69 Å². The van der Waals surface area contributed by atoms with Crippen molar-refractivity contribution in [2.75, 3.05) is 0 Å². The van der Waals surface area contributed by atoms with Crippen LogP contribution in [0.25, 0.3) is 0 Å². The van der Waals surface area contributed by atoms with Gasteiger partial charge < -0.3 is 0 Å². The molecule has 13 heavy (non-hydrogen) atoms. The Labute approximate surface area is 74.8 Å². The molecule has 1 heterocycles. The highest BCUT2D eigenvalue weighted by Gasteiger charge is 2.11. The molecule has 0 aliphatic heterocycles. The lowest BCUT2D eigenvalue weighted by atomic mass is 10.2. The van der Waals surface area contributed by atoms with Gasteiger partial charge in [0.2, 0.25) is 0 Å². The van der Waals surface area contributed by atoms with Crippen LogP contribution in [0.3, 0.4) is 0 Å². The summed E-state index contributed by atoms with van der Waals surface area (Å²) in [5.41, 5.74) is 0.902. The van der Waals surface area contributed by atoms with Crippen LogP contribution in [-0.2, 0) is 6.42 Å². The van der Waals surface area contributed by atoms with Crippen LogP contribution in [0.2, 0.25) is 0 Å². The Kier molecular flexibility index (Phi) is 2.55. The predicted octanol–water partition coefficient (Wildman–Crippen LogP) is 1.36. The minimum Gasteiger partial charge on any atom is -0.258 e. The molecule has 0 aliphatic carbocycles. The van der Waals surface area contributed by atoms with E-state index in [0.717, 1.165) is 0 Å². The number of hydrogen-bond acceptors (Lipinski definition) is 4. The molecule has 5 nitrogen and oxygen atoms in total. The number of pyridine rings is 1. The van der Waals surface area contributed by atoms with Gasteiger partial charge >= 0.3 is 0 Å². The van der Waals surface area contributed by atoms with Gasteiger partial charge in [0, 0.05) is 12.3 Å². The van der Waals surface area contributed by atoms with Gasteiger partial charge in [-0.2, -0.15) is 5.26 Å². The minimum absolute atomic E-state index is 0.0345. The van der Waals surface area contributed by atoms with Crippen molar-refractivity contribution in [3.8, 4) is 6.07 Å². The summed E-state index contributed by atoms with van der Waals surface area (Å²) in [7, 11) is 0. The van der Waals surface area contributed by atoms with Crippen molar-refractivity contribution in [3.05, 3.63) is 33.6 Å². The Bertz CT molecular complexity index is 381. The lowest BCUT2D eigenvalue weighted by molar-refractivity contribution is -0.385. The van der Waals surface area contributed by atoms with E-state index in [-0.39, 0.29) is 12.1 Å². The first-order chi connectivity index (χ1) is 6.15. The zero-order chi connectivity index (χ0) is 9.84. The molecule has 1 aromatic heterocycles. The first-order valence-corrected chi connectivity index (χ1v) is 3.62. The van der Waals surface area contributed by atoms with E-state index in [1.165, 1.54) is 12.3 Å². The summed E-state index contributed by atoms with van der Waals surface area (Å²) in [5.74, 6) is 0. The second-order valence-electron chi connectivity index (χ2n) is 2.54. The average Bonchev–Trinajstić information content (AvgIpc) is 2.08. The summed E-state index contributed by atoms with van der Waals surface area (Å²) in [6.07, 6.45) is 1.62. The number of hydrogen-bond donors (Lipinski definition) is 0. The van der Waals surface area contributed by atoms with Crippen molar-refractivity contribution in [2.45, 2.75) is 13.3 Å². The average molecular weight is 177 g/mol. The number of nitro groups is 1. The zero-order valence-electron chi connectivity index (χ0n) is 7.02. The Hall–Kier alpha value is -1.96. The van der Waals surface area contributed by atoms with Crippen molar-refractivity contribution in [2.24, 2.45) is 0 Å². The summed E-state index contributed by atoms with van der Waals surface area (Å²) < 4.78 is 0. The van der Waals surface area contributed by atoms with E-state index >= 15 is 0 Å².